The molecule has 1 N–H and O–H groups in total. The van der Waals surface area contributed by atoms with Crippen LogP contribution in [0.15, 0.2) is 66.1 Å². The normalized spacial score (nSPS) is 12.9. The maximum absolute atomic E-state index is 13.9. The third kappa shape index (κ3) is 7.11. The third-order valence-corrected chi connectivity index (χ3v) is 6.12. The van der Waals surface area contributed by atoms with Gasteiger partial charge in [-0.25, -0.2) is 18.3 Å². The van der Waals surface area contributed by atoms with Crippen molar-refractivity contribution in [3.8, 4) is 5.75 Å². The number of pyridine rings is 1. The molecular formula is C22H28FN3O5S. The molecule has 1 aromatic carbocycles. The van der Waals surface area contributed by atoms with E-state index in [1.54, 1.807) is 32.9 Å². The van der Waals surface area contributed by atoms with Crippen molar-refractivity contribution < 1.29 is 27.2 Å². The molecule has 0 saturated carbocycles. The van der Waals surface area contributed by atoms with Gasteiger partial charge in [-0.3, -0.25) is 14.6 Å². The summed E-state index contributed by atoms with van der Waals surface area (Å²) in [5.74, 6) is -1.20. The molecule has 1 amide bonds. The lowest BCUT2D eigenvalue weighted by atomic mass is 10.1. The van der Waals surface area contributed by atoms with Crippen LogP contribution in [0.3, 0.4) is 0 Å². The first-order valence-corrected chi connectivity index (χ1v) is 11.2. The Labute approximate surface area is 188 Å². The summed E-state index contributed by atoms with van der Waals surface area (Å²) in [4.78, 5) is 22.2. The Bertz CT molecular complexity index is 1020. The number of nitrogens with zero attached hydrogens (tertiary/aromatic N) is 2. The fourth-order valence-corrected chi connectivity index (χ4v) is 4.30. The number of hydroxylamine groups is 1. The highest BCUT2D eigenvalue weighted by Gasteiger charge is 2.37. The maximum Gasteiger partial charge on any atom is 0.262 e. The molecule has 0 spiro atoms. The van der Waals surface area contributed by atoms with E-state index in [1.165, 1.54) is 43.8 Å². The van der Waals surface area contributed by atoms with Crippen molar-refractivity contribution in [3.63, 3.8) is 0 Å². The first-order chi connectivity index (χ1) is 14.9. The number of hydrogen-bond donors (Lipinski definition) is 1. The largest absolute Gasteiger partial charge is 0.497 e. The van der Waals surface area contributed by atoms with Gasteiger partial charge in [0, 0.05) is 25.4 Å². The molecule has 10 heteroatoms. The van der Waals surface area contributed by atoms with Crippen molar-refractivity contribution in [3.05, 3.63) is 66.8 Å². The van der Waals surface area contributed by atoms with Crippen LogP contribution in [0.5, 0.6) is 5.75 Å². The summed E-state index contributed by atoms with van der Waals surface area (Å²) in [5, 5.41) is 0. The quantitative estimate of drug-likeness (QED) is 0.541. The van der Waals surface area contributed by atoms with E-state index in [2.05, 4.69) is 17.0 Å². The van der Waals surface area contributed by atoms with Crippen LogP contribution in [0.4, 0.5) is 4.39 Å². The number of aromatic nitrogens is 1. The average Bonchev–Trinajstić information content (AvgIpc) is 2.74. The van der Waals surface area contributed by atoms with Crippen LogP contribution >= 0.6 is 0 Å². The molecule has 0 fully saturated rings. The summed E-state index contributed by atoms with van der Waals surface area (Å²) < 4.78 is 47.0. The molecular weight excluding hydrogens is 437 g/mol. The molecule has 0 aliphatic rings. The molecule has 0 radical (unpaired) electrons. The standard InChI is InChI=1S/C22H28FN3O5S/c1-16(23)13-20(21(27)25-31-22(2,3)4)26(15-17-7-6-12-24-14-17)32(28,29)19-10-8-18(30-5)9-11-19/h6-12,14,20H,1,13,15H2,2-5H3,(H,25,27)/t20-/m0/s1. The van der Waals surface area contributed by atoms with Gasteiger partial charge in [-0.1, -0.05) is 12.6 Å². The predicted octanol–water partition coefficient (Wildman–Crippen LogP) is 3.37. The van der Waals surface area contributed by atoms with Crippen molar-refractivity contribution in [1.29, 1.82) is 0 Å². The summed E-state index contributed by atoms with van der Waals surface area (Å²) in [5.41, 5.74) is 2.02. The van der Waals surface area contributed by atoms with Gasteiger partial charge in [0.05, 0.1) is 23.4 Å². The highest BCUT2D eigenvalue weighted by molar-refractivity contribution is 7.89. The van der Waals surface area contributed by atoms with Crippen molar-refractivity contribution in [2.45, 2.75) is 50.3 Å². The summed E-state index contributed by atoms with van der Waals surface area (Å²) in [6.07, 6.45) is 2.47. The Kier molecular flexibility index (Phi) is 8.48. The number of carbonyl (C=O) groups excluding carboxylic acids is 1. The molecule has 8 nitrogen and oxygen atoms in total. The summed E-state index contributed by atoms with van der Waals surface area (Å²) >= 11 is 0. The number of sulfonamides is 1. The van der Waals surface area contributed by atoms with Gasteiger partial charge in [-0.05, 0) is 56.7 Å². The zero-order chi connectivity index (χ0) is 23.9. The predicted molar refractivity (Wildman–Crippen MR) is 118 cm³/mol. The number of nitrogens with one attached hydrogen (secondary N) is 1. The molecule has 2 aromatic rings. The van der Waals surface area contributed by atoms with Crippen LogP contribution in [-0.4, -0.2) is 42.4 Å². The van der Waals surface area contributed by atoms with Crippen molar-refractivity contribution in [2.24, 2.45) is 0 Å². The van der Waals surface area contributed by atoms with E-state index >= 15 is 0 Å². The van der Waals surface area contributed by atoms with E-state index in [9.17, 15) is 17.6 Å². The summed E-state index contributed by atoms with van der Waals surface area (Å²) in [6, 6.07) is 7.53. The Balaban J connectivity index is 2.51. The van der Waals surface area contributed by atoms with Crippen molar-refractivity contribution >= 4 is 15.9 Å². The second kappa shape index (κ2) is 10.7. The highest BCUT2D eigenvalue weighted by Crippen LogP contribution is 2.26. The van der Waals surface area contributed by atoms with E-state index < -0.39 is 39.8 Å². The fourth-order valence-electron chi connectivity index (χ4n) is 2.72. The smallest absolute Gasteiger partial charge is 0.262 e. The van der Waals surface area contributed by atoms with Crippen molar-refractivity contribution in [2.75, 3.05) is 7.11 Å². The highest BCUT2D eigenvalue weighted by atomic mass is 32.2. The van der Waals surface area contributed by atoms with Gasteiger partial charge < -0.3 is 4.74 Å². The maximum atomic E-state index is 13.9. The van der Waals surface area contributed by atoms with Crippen LogP contribution in [0.25, 0.3) is 0 Å². The van der Waals surface area contributed by atoms with Gasteiger partial charge in [0.15, 0.2) is 0 Å². The molecule has 2 rings (SSSR count). The molecule has 1 aromatic heterocycles. The lowest BCUT2D eigenvalue weighted by Gasteiger charge is -2.30. The SMILES string of the molecule is C=C(F)C[C@@H](C(=O)NOC(C)(C)C)N(Cc1cccnc1)S(=O)(=O)c1ccc(OC)cc1. The lowest BCUT2D eigenvalue weighted by molar-refractivity contribution is -0.149. The number of ether oxygens (including phenoxy) is 1. The minimum absolute atomic E-state index is 0.0822. The first-order valence-electron chi connectivity index (χ1n) is 9.80. The second-order valence-electron chi connectivity index (χ2n) is 8.00. The van der Waals surface area contributed by atoms with Crippen LogP contribution in [0.1, 0.15) is 32.8 Å². The molecule has 0 unspecified atom stereocenters. The van der Waals surface area contributed by atoms with Crippen LogP contribution < -0.4 is 10.2 Å². The van der Waals surface area contributed by atoms with Gasteiger partial charge in [0.25, 0.3) is 5.91 Å². The molecule has 1 heterocycles. The Morgan fingerprint density at radius 2 is 1.91 bits per heavy atom. The van der Waals surface area contributed by atoms with Crippen LogP contribution in [-0.2, 0) is 26.2 Å². The minimum atomic E-state index is -4.24. The third-order valence-electron chi connectivity index (χ3n) is 4.25. The minimum Gasteiger partial charge on any atom is -0.497 e. The lowest BCUT2D eigenvalue weighted by Crippen LogP contribution is -2.50. The van der Waals surface area contributed by atoms with Gasteiger partial charge in [-0.15, -0.1) is 0 Å². The Hall–Kier alpha value is -2.82. The molecule has 0 saturated heterocycles. The summed E-state index contributed by atoms with van der Waals surface area (Å²) in [7, 11) is -2.78. The van der Waals surface area contributed by atoms with Gasteiger partial charge in [0.2, 0.25) is 10.0 Å². The van der Waals surface area contributed by atoms with Gasteiger partial charge >= 0.3 is 0 Å². The number of halogens is 1. The number of amides is 1. The zero-order valence-corrected chi connectivity index (χ0v) is 19.4. The average molecular weight is 466 g/mol. The molecule has 32 heavy (non-hydrogen) atoms. The summed E-state index contributed by atoms with van der Waals surface area (Å²) in [6.45, 7) is 8.11. The second-order valence-corrected chi connectivity index (χ2v) is 9.90. The Morgan fingerprint density at radius 3 is 2.41 bits per heavy atom. The number of carbonyl (C=O) groups is 1. The molecule has 0 aliphatic carbocycles. The molecule has 0 bridgehead atoms. The van der Waals surface area contributed by atoms with E-state index in [-0.39, 0.29) is 11.4 Å². The van der Waals surface area contributed by atoms with Crippen LogP contribution in [0, 0.1) is 0 Å². The topological polar surface area (TPSA) is 97.8 Å². The molecule has 1 atom stereocenters. The zero-order valence-electron chi connectivity index (χ0n) is 18.5. The number of rotatable bonds is 10. The molecule has 0 aliphatic heterocycles. The van der Waals surface area contributed by atoms with Crippen LogP contribution in [0.2, 0.25) is 0 Å². The number of methoxy groups -OCH3 is 1. The van der Waals surface area contributed by atoms with E-state index in [0.717, 1.165) is 4.31 Å². The number of benzene rings is 1. The van der Waals surface area contributed by atoms with Gasteiger partial charge in [-0.2, -0.15) is 4.31 Å². The first kappa shape index (κ1) is 25.4. The van der Waals surface area contributed by atoms with E-state index in [1.807, 2.05) is 0 Å². The van der Waals surface area contributed by atoms with E-state index in [0.29, 0.717) is 11.3 Å². The Morgan fingerprint density at radius 1 is 1.25 bits per heavy atom. The monoisotopic (exact) mass is 465 g/mol. The van der Waals surface area contributed by atoms with E-state index in [4.69, 9.17) is 9.57 Å². The van der Waals surface area contributed by atoms with Crippen molar-refractivity contribution in [1.82, 2.24) is 14.8 Å². The fraction of sp³-hybridized carbons (Fsp3) is 0.364. The van der Waals surface area contributed by atoms with Gasteiger partial charge in [0.1, 0.15) is 11.8 Å². The molecule has 174 valence electrons. The number of hydrogen-bond acceptors (Lipinski definition) is 6.